The van der Waals surface area contributed by atoms with Gasteiger partial charge in [-0.25, -0.2) is 0 Å². The van der Waals surface area contributed by atoms with Crippen molar-refractivity contribution in [3.05, 3.63) is 81.2 Å². The Morgan fingerprint density at radius 3 is 2.35 bits per heavy atom. The lowest BCUT2D eigenvalue weighted by Gasteiger charge is -2.16. The summed E-state index contributed by atoms with van der Waals surface area (Å²) in [5.74, 6) is 0. The summed E-state index contributed by atoms with van der Waals surface area (Å²) in [4.78, 5) is 28.9. The van der Waals surface area contributed by atoms with Crippen molar-refractivity contribution in [1.82, 2.24) is 4.57 Å². The number of halogens is 1. The molecule has 116 valence electrons. The van der Waals surface area contributed by atoms with E-state index in [4.69, 9.17) is 9.59 Å². The first-order valence-electron chi connectivity index (χ1n) is 6.93. The molecule has 0 N–H and O–H groups in total. The minimum Gasteiger partial charge on any atom is -0.308 e. The van der Waals surface area contributed by atoms with E-state index >= 15 is 0 Å². The van der Waals surface area contributed by atoms with E-state index in [2.05, 4.69) is 15.9 Å². The summed E-state index contributed by atoms with van der Waals surface area (Å²) in [7, 11) is 0. The van der Waals surface area contributed by atoms with Crippen LogP contribution in [0.3, 0.4) is 0 Å². The fraction of sp³-hybridized carbons (Fsp3) is 0.111. The van der Waals surface area contributed by atoms with Crippen molar-refractivity contribution >= 4 is 32.9 Å². The maximum Gasteiger partial charge on any atom is 0.373 e. The zero-order valence-corrected chi connectivity index (χ0v) is 14.0. The second kappa shape index (κ2) is 7.68. The van der Waals surface area contributed by atoms with Crippen LogP contribution in [0.2, 0.25) is 0 Å². The summed E-state index contributed by atoms with van der Waals surface area (Å²) >= 11 is 3.42. The van der Waals surface area contributed by atoms with Crippen molar-refractivity contribution in [3.63, 3.8) is 0 Å². The number of pyridine rings is 1. The second-order valence-corrected chi connectivity index (χ2v) is 5.85. The molecule has 0 radical (unpaired) electrons. The SMILES string of the molecule is CC(c1ccccc1)n1ccc2ccc(Br)cc2c1=O.O=C=O. The van der Waals surface area contributed by atoms with Crippen LogP contribution in [0.4, 0.5) is 0 Å². The Kier molecular flexibility index (Phi) is 5.63. The number of aromatic nitrogens is 1. The monoisotopic (exact) mass is 371 g/mol. The quantitative estimate of drug-likeness (QED) is 0.688. The molecule has 0 saturated carbocycles. The molecule has 1 aromatic heterocycles. The van der Waals surface area contributed by atoms with Crippen molar-refractivity contribution in [2.75, 3.05) is 0 Å². The van der Waals surface area contributed by atoms with E-state index in [1.54, 1.807) is 4.57 Å². The molecule has 0 saturated heterocycles. The second-order valence-electron chi connectivity index (χ2n) is 4.93. The Morgan fingerprint density at radius 1 is 1.04 bits per heavy atom. The third-order valence-electron chi connectivity index (χ3n) is 3.59. The van der Waals surface area contributed by atoms with Crippen molar-refractivity contribution in [3.8, 4) is 0 Å². The molecular formula is C18H14BrNO3. The van der Waals surface area contributed by atoms with Crippen LogP contribution >= 0.6 is 15.9 Å². The van der Waals surface area contributed by atoms with Gasteiger partial charge in [0.25, 0.3) is 5.56 Å². The number of rotatable bonds is 2. The molecular weight excluding hydrogens is 358 g/mol. The predicted molar refractivity (Wildman–Crippen MR) is 91.2 cm³/mol. The van der Waals surface area contributed by atoms with Gasteiger partial charge in [0.15, 0.2) is 0 Å². The van der Waals surface area contributed by atoms with Gasteiger partial charge in [-0.1, -0.05) is 52.3 Å². The number of hydrogen-bond donors (Lipinski definition) is 0. The normalized spacial score (nSPS) is 11.2. The fourth-order valence-electron chi connectivity index (χ4n) is 2.42. The van der Waals surface area contributed by atoms with Crippen molar-refractivity contribution < 1.29 is 9.59 Å². The predicted octanol–water partition coefficient (Wildman–Crippen LogP) is 3.79. The molecule has 2 aromatic carbocycles. The number of fused-ring (bicyclic) bond motifs is 1. The van der Waals surface area contributed by atoms with Crippen LogP contribution < -0.4 is 5.56 Å². The van der Waals surface area contributed by atoms with Crippen LogP contribution in [0.15, 0.2) is 70.1 Å². The highest BCUT2D eigenvalue weighted by Gasteiger charge is 2.11. The molecule has 4 nitrogen and oxygen atoms in total. The van der Waals surface area contributed by atoms with Gasteiger partial charge < -0.3 is 4.57 Å². The van der Waals surface area contributed by atoms with Gasteiger partial charge in [-0.15, -0.1) is 0 Å². The number of carbonyl (C=O) groups excluding carboxylic acids is 2. The summed E-state index contributed by atoms with van der Waals surface area (Å²) < 4.78 is 2.71. The van der Waals surface area contributed by atoms with Gasteiger partial charge in [0, 0.05) is 16.1 Å². The minimum atomic E-state index is 0.0204. The van der Waals surface area contributed by atoms with Crippen LogP contribution in [-0.4, -0.2) is 10.7 Å². The third-order valence-corrected chi connectivity index (χ3v) is 4.09. The molecule has 1 unspecified atom stereocenters. The van der Waals surface area contributed by atoms with Crippen molar-refractivity contribution in [2.24, 2.45) is 0 Å². The summed E-state index contributed by atoms with van der Waals surface area (Å²) in [6.07, 6.45) is 2.12. The van der Waals surface area contributed by atoms with Crippen molar-refractivity contribution in [1.29, 1.82) is 0 Å². The summed E-state index contributed by atoms with van der Waals surface area (Å²) in [6.45, 7) is 2.04. The number of nitrogens with zero attached hydrogens (tertiary/aromatic N) is 1. The van der Waals surface area contributed by atoms with Crippen LogP contribution in [0.25, 0.3) is 10.8 Å². The van der Waals surface area contributed by atoms with E-state index in [9.17, 15) is 4.79 Å². The highest BCUT2D eigenvalue weighted by atomic mass is 79.9. The van der Waals surface area contributed by atoms with Gasteiger partial charge in [0.2, 0.25) is 0 Å². The Labute approximate surface area is 141 Å². The zero-order chi connectivity index (χ0) is 16.8. The highest BCUT2D eigenvalue weighted by Crippen LogP contribution is 2.20. The van der Waals surface area contributed by atoms with Gasteiger partial charge >= 0.3 is 6.15 Å². The Hall–Kier alpha value is -2.49. The Morgan fingerprint density at radius 2 is 1.70 bits per heavy atom. The van der Waals surface area contributed by atoms with E-state index in [1.807, 2.05) is 67.7 Å². The first kappa shape index (κ1) is 16.9. The average molecular weight is 372 g/mol. The minimum absolute atomic E-state index is 0.0204. The maximum atomic E-state index is 12.6. The molecule has 0 aliphatic heterocycles. The lowest BCUT2D eigenvalue weighted by atomic mass is 10.1. The van der Waals surface area contributed by atoms with E-state index in [1.165, 1.54) is 0 Å². The van der Waals surface area contributed by atoms with Gasteiger partial charge in [-0.3, -0.25) is 4.79 Å². The molecule has 0 spiro atoms. The molecule has 0 aliphatic carbocycles. The van der Waals surface area contributed by atoms with Crippen LogP contribution in [-0.2, 0) is 9.59 Å². The molecule has 0 aliphatic rings. The third kappa shape index (κ3) is 3.83. The zero-order valence-electron chi connectivity index (χ0n) is 12.4. The first-order valence-corrected chi connectivity index (χ1v) is 7.72. The van der Waals surface area contributed by atoms with Gasteiger partial charge in [0.1, 0.15) is 0 Å². The standard InChI is InChI=1S/C17H14BrNO.CO2/c1-12(13-5-3-2-4-6-13)19-10-9-14-7-8-15(18)11-16(14)17(19)20;2-1-3/h2-12H,1H3;. The van der Waals surface area contributed by atoms with Gasteiger partial charge in [-0.05, 0) is 36.1 Å². The lowest BCUT2D eigenvalue weighted by Crippen LogP contribution is -2.23. The van der Waals surface area contributed by atoms with E-state index in [-0.39, 0.29) is 17.8 Å². The molecule has 23 heavy (non-hydrogen) atoms. The van der Waals surface area contributed by atoms with Crippen molar-refractivity contribution in [2.45, 2.75) is 13.0 Å². The molecule has 5 heteroatoms. The average Bonchev–Trinajstić information content (AvgIpc) is 2.57. The molecule has 0 amide bonds. The van der Waals surface area contributed by atoms with Crippen LogP contribution in [0, 0.1) is 0 Å². The van der Waals surface area contributed by atoms with E-state index < -0.39 is 0 Å². The Balaban J connectivity index is 0.000000595. The van der Waals surface area contributed by atoms with E-state index in [0.717, 1.165) is 20.8 Å². The smallest absolute Gasteiger partial charge is 0.308 e. The molecule has 1 atom stereocenters. The number of benzene rings is 2. The number of hydrogen-bond acceptors (Lipinski definition) is 3. The largest absolute Gasteiger partial charge is 0.373 e. The molecule has 3 aromatic rings. The van der Waals surface area contributed by atoms with Crippen LogP contribution in [0.5, 0.6) is 0 Å². The first-order chi connectivity index (χ1) is 11.1. The molecule has 3 rings (SSSR count). The summed E-state index contributed by atoms with van der Waals surface area (Å²) in [5.41, 5.74) is 1.17. The summed E-state index contributed by atoms with van der Waals surface area (Å²) in [5, 5.41) is 1.71. The lowest BCUT2D eigenvalue weighted by molar-refractivity contribution is -0.191. The molecule has 0 fully saturated rings. The summed E-state index contributed by atoms with van der Waals surface area (Å²) in [6, 6.07) is 17.9. The highest BCUT2D eigenvalue weighted by molar-refractivity contribution is 9.10. The molecule has 1 heterocycles. The van der Waals surface area contributed by atoms with Crippen LogP contribution in [0.1, 0.15) is 18.5 Å². The topological polar surface area (TPSA) is 56.1 Å². The van der Waals surface area contributed by atoms with Gasteiger partial charge in [-0.2, -0.15) is 9.59 Å². The van der Waals surface area contributed by atoms with Gasteiger partial charge in [0.05, 0.1) is 6.04 Å². The van der Waals surface area contributed by atoms with E-state index in [0.29, 0.717) is 0 Å². The fourth-order valence-corrected chi connectivity index (χ4v) is 2.78. The molecule has 0 bridgehead atoms. The Bertz CT molecular complexity index is 897. The maximum absolute atomic E-state index is 12.6.